The number of methoxy groups -OCH3 is 1. The van der Waals surface area contributed by atoms with Crippen LogP contribution in [0, 0.1) is 6.92 Å². The van der Waals surface area contributed by atoms with Crippen molar-refractivity contribution in [1.82, 2.24) is 5.32 Å². The number of ether oxygens (including phenoxy) is 1. The molecule has 102 valence electrons. The zero-order valence-electron chi connectivity index (χ0n) is 11.4. The number of hydrogen-bond acceptors (Lipinski definition) is 4. The molecular formula is C14H18N2O3. The van der Waals surface area contributed by atoms with Crippen LogP contribution in [0.4, 0.5) is 5.69 Å². The number of anilines is 1. The minimum Gasteiger partial charge on any atom is -0.496 e. The van der Waals surface area contributed by atoms with Crippen LogP contribution in [0.25, 0.3) is 0 Å². The first-order chi connectivity index (χ1) is 8.95. The van der Waals surface area contributed by atoms with E-state index in [1.165, 1.54) is 6.92 Å². The molecule has 0 fully saturated rings. The number of carbonyl (C=O) groups excluding carboxylic acids is 2. The number of amides is 1. The molecule has 1 unspecified atom stereocenters. The number of rotatable bonds is 2. The molecule has 1 aromatic rings. The van der Waals surface area contributed by atoms with Gasteiger partial charge in [-0.2, -0.15) is 0 Å². The number of nitrogens with two attached hydrogens (primary N) is 1. The first-order valence-electron chi connectivity index (χ1n) is 6.23. The van der Waals surface area contributed by atoms with Gasteiger partial charge in [0.2, 0.25) is 5.91 Å². The lowest BCUT2D eigenvalue weighted by molar-refractivity contribution is -0.119. The van der Waals surface area contributed by atoms with Gasteiger partial charge in [-0.3, -0.25) is 9.59 Å². The van der Waals surface area contributed by atoms with E-state index in [-0.39, 0.29) is 11.7 Å². The molecule has 0 spiro atoms. The monoisotopic (exact) mass is 262 g/mol. The van der Waals surface area contributed by atoms with Crippen LogP contribution in [-0.4, -0.2) is 24.8 Å². The summed E-state index contributed by atoms with van der Waals surface area (Å²) < 4.78 is 5.26. The first-order valence-corrected chi connectivity index (χ1v) is 6.23. The Bertz CT molecular complexity index is 552. The van der Waals surface area contributed by atoms with Crippen molar-refractivity contribution < 1.29 is 14.3 Å². The normalized spacial score (nSPS) is 17.8. The Hall–Kier alpha value is -2.04. The molecule has 5 nitrogen and oxygen atoms in total. The second kappa shape index (κ2) is 4.91. The van der Waals surface area contributed by atoms with Crippen molar-refractivity contribution in [2.45, 2.75) is 32.7 Å². The lowest BCUT2D eigenvalue weighted by Gasteiger charge is -2.27. The van der Waals surface area contributed by atoms with Gasteiger partial charge in [-0.15, -0.1) is 0 Å². The quantitative estimate of drug-likeness (QED) is 0.785. The number of nitrogens with one attached hydrogen (secondary N) is 1. The van der Waals surface area contributed by atoms with Gasteiger partial charge in [0.15, 0.2) is 5.78 Å². The standard InChI is InChI=1S/C14H18N2O3/c1-7-9-4-5-11(16-8(2)17)14(18)13(9)10(15)6-12(7)19-3/h6,11H,4-5,15H2,1-3H3,(H,16,17). The number of benzene rings is 1. The summed E-state index contributed by atoms with van der Waals surface area (Å²) in [5.41, 5.74) is 8.78. The van der Waals surface area contributed by atoms with Gasteiger partial charge in [-0.05, 0) is 30.9 Å². The van der Waals surface area contributed by atoms with Crippen LogP contribution < -0.4 is 15.8 Å². The van der Waals surface area contributed by atoms with E-state index in [2.05, 4.69) is 5.32 Å². The molecule has 0 heterocycles. The van der Waals surface area contributed by atoms with E-state index in [1.54, 1.807) is 13.2 Å². The molecule has 0 bridgehead atoms. The van der Waals surface area contributed by atoms with Gasteiger partial charge in [0.25, 0.3) is 0 Å². The SMILES string of the molecule is COc1cc(N)c2c(c1C)CCC(NC(C)=O)C2=O. The Labute approximate surface area is 112 Å². The Balaban J connectivity index is 2.47. The van der Waals surface area contributed by atoms with Gasteiger partial charge < -0.3 is 15.8 Å². The van der Waals surface area contributed by atoms with Crippen molar-refractivity contribution in [2.75, 3.05) is 12.8 Å². The highest BCUT2D eigenvalue weighted by Crippen LogP contribution is 2.34. The van der Waals surface area contributed by atoms with E-state index in [1.807, 2.05) is 6.92 Å². The van der Waals surface area contributed by atoms with Gasteiger partial charge >= 0.3 is 0 Å². The molecule has 0 aliphatic heterocycles. The van der Waals surface area contributed by atoms with Crippen LogP contribution in [-0.2, 0) is 11.2 Å². The average Bonchev–Trinajstić information content (AvgIpc) is 2.35. The Morgan fingerprint density at radius 3 is 2.79 bits per heavy atom. The average molecular weight is 262 g/mol. The predicted octanol–water partition coefficient (Wildman–Crippen LogP) is 1.22. The molecule has 2 rings (SSSR count). The minimum atomic E-state index is -0.472. The lowest BCUT2D eigenvalue weighted by Crippen LogP contribution is -2.43. The van der Waals surface area contributed by atoms with Crippen molar-refractivity contribution in [2.24, 2.45) is 0 Å². The zero-order chi connectivity index (χ0) is 14.2. The molecule has 19 heavy (non-hydrogen) atoms. The summed E-state index contributed by atoms with van der Waals surface area (Å²) in [6, 6.07) is 1.20. The Morgan fingerprint density at radius 1 is 1.53 bits per heavy atom. The molecule has 0 saturated heterocycles. The van der Waals surface area contributed by atoms with Crippen molar-refractivity contribution in [3.8, 4) is 5.75 Å². The van der Waals surface area contributed by atoms with E-state index < -0.39 is 6.04 Å². The van der Waals surface area contributed by atoms with Gasteiger partial charge in [0.05, 0.1) is 13.2 Å². The minimum absolute atomic E-state index is 0.111. The third-order valence-electron chi connectivity index (χ3n) is 3.54. The molecule has 1 aliphatic carbocycles. The summed E-state index contributed by atoms with van der Waals surface area (Å²) in [4.78, 5) is 23.5. The van der Waals surface area contributed by atoms with E-state index >= 15 is 0 Å². The summed E-state index contributed by atoms with van der Waals surface area (Å²) in [7, 11) is 1.58. The summed E-state index contributed by atoms with van der Waals surface area (Å²) in [6.07, 6.45) is 1.30. The maximum absolute atomic E-state index is 12.4. The van der Waals surface area contributed by atoms with Crippen LogP contribution in [0.3, 0.4) is 0 Å². The largest absolute Gasteiger partial charge is 0.496 e. The maximum Gasteiger partial charge on any atom is 0.217 e. The van der Waals surface area contributed by atoms with E-state index in [0.717, 1.165) is 11.1 Å². The number of fused-ring (bicyclic) bond motifs is 1. The summed E-state index contributed by atoms with van der Waals surface area (Å²) in [5.74, 6) is 0.382. The fourth-order valence-electron chi connectivity index (χ4n) is 2.62. The van der Waals surface area contributed by atoms with Crippen LogP contribution in [0.5, 0.6) is 5.75 Å². The zero-order valence-corrected chi connectivity index (χ0v) is 11.4. The molecule has 5 heteroatoms. The van der Waals surface area contributed by atoms with Crippen molar-refractivity contribution in [3.05, 3.63) is 22.8 Å². The highest BCUT2D eigenvalue weighted by atomic mass is 16.5. The molecule has 3 N–H and O–H groups in total. The molecule has 0 radical (unpaired) electrons. The highest BCUT2D eigenvalue weighted by Gasteiger charge is 2.31. The van der Waals surface area contributed by atoms with Crippen LogP contribution >= 0.6 is 0 Å². The van der Waals surface area contributed by atoms with Crippen LogP contribution in [0.1, 0.15) is 34.8 Å². The molecule has 0 saturated carbocycles. The molecule has 1 aliphatic rings. The fourth-order valence-corrected chi connectivity index (χ4v) is 2.62. The highest BCUT2D eigenvalue weighted by molar-refractivity contribution is 6.08. The second-order valence-electron chi connectivity index (χ2n) is 4.80. The summed E-state index contributed by atoms with van der Waals surface area (Å²) >= 11 is 0. The third kappa shape index (κ3) is 2.28. The molecule has 1 atom stereocenters. The van der Waals surface area contributed by atoms with Crippen molar-refractivity contribution in [3.63, 3.8) is 0 Å². The summed E-state index contributed by atoms with van der Waals surface area (Å²) in [6.45, 7) is 3.33. The number of nitrogen functional groups attached to an aromatic ring is 1. The van der Waals surface area contributed by atoms with Gasteiger partial charge in [0, 0.05) is 24.2 Å². The number of hydrogen-bond donors (Lipinski definition) is 2. The van der Waals surface area contributed by atoms with Gasteiger partial charge in [0.1, 0.15) is 5.75 Å². The van der Waals surface area contributed by atoms with Crippen LogP contribution in [0.15, 0.2) is 6.07 Å². The Morgan fingerprint density at radius 2 is 2.21 bits per heavy atom. The number of ketones is 1. The number of carbonyl (C=O) groups is 2. The summed E-state index contributed by atoms with van der Waals surface area (Å²) in [5, 5.41) is 2.67. The predicted molar refractivity (Wildman–Crippen MR) is 72.4 cm³/mol. The lowest BCUT2D eigenvalue weighted by atomic mass is 9.83. The van der Waals surface area contributed by atoms with Crippen LogP contribution in [0.2, 0.25) is 0 Å². The Kier molecular flexibility index (Phi) is 3.46. The topological polar surface area (TPSA) is 81.4 Å². The molecular weight excluding hydrogens is 244 g/mol. The van der Waals surface area contributed by atoms with Gasteiger partial charge in [-0.25, -0.2) is 0 Å². The van der Waals surface area contributed by atoms with E-state index in [4.69, 9.17) is 10.5 Å². The van der Waals surface area contributed by atoms with E-state index in [0.29, 0.717) is 29.8 Å². The first kappa shape index (κ1) is 13.4. The number of Topliss-reactive ketones (excluding diaryl/α,β-unsaturated/α-hetero) is 1. The molecule has 1 amide bonds. The van der Waals surface area contributed by atoms with Crippen molar-refractivity contribution in [1.29, 1.82) is 0 Å². The second-order valence-corrected chi connectivity index (χ2v) is 4.80. The smallest absolute Gasteiger partial charge is 0.217 e. The van der Waals surface area contributed by atoms with E-state index in [9.17, 15) is 9.59 Å². The fraction of sp³-hybridized carbons (Fsp3) is 0.429. The third-order valence-corrected chi connectivity index (χ3v) is 3.54. The molecule has 1 aromatic carbocycles. The maximum atomic E-state index is 12.4. The van der Waals surface area contributed by atoms with Gasteiger partial charge in [-0.1, -0.05) is 0 Å². The molecule has 0 aromatic heterocycles. The van der Waals surface area contributed by atoms with Crippen molar-refractivity contribution >= 4 is 17.4 Å².